The van der Waals surface area contributed by atoms with Crippen molar-refractivity contribution >= 4 is 35.1 Å². The van der Waals surface area contributed by atoms with E-state index in [2.05, 4.69) is 10.3 Å². The van der Waals surface area contributed by atoms with E-state index in [1.54, 1.807) is 0 Å². The number of halogens is 2. The van der Waals surface area contributed by atoms with Gasteiger partial charge < -0.3 is 5.32 Å². The van der Waals surface area contributed by atoms with Crippen LogP contribution in [0, 0.1) is 0 Å². The normalized spacial score (nSPS) is 14.8. The van der Waals surface area contributed by atoms with Crippen LogP contribution in [0.3, 0.4) is 0 Å². The maximum Gasteiger partial charge on any atom is 0.222 e. The van der Waals surface area contributed by atoms with Gasteiger partial charge in [-0.25, -0.2) is 0 Å². The Morgan fingerprint density at radius 3 is 2.91 bits per heavy atom. The molecule has 1 aliphatic rings. The highest BCUT2D eigenvalue weighted by molar-refractivity contribution is 6.63. The van der Waals surface area contributed by atoms with E-state index in [1.807, 2.05) is 0 Å². The molecule has 0 aliphatic carbocycles. The summed E-state index contributed by atoms with van der Waals surface area (Å²) >= 11 is 5.13. The van der Waals surface area contributed by atoms with Gasteiger partial charge in [0, 0.05) is 19.4 Å². The van der Waals surface area contributed by atoms with Gasteiger partial charge in [-0.3, -0.25) is 9.79 Å². The van der Waals surface area contributed by atoms with Crippen LogP contribution in [0.2, 0.25) is 0 Å². The topological polar surface area (TPSA) is 41.5 Å². The van der Waals surface area contributed by atoms with Crippen molar-refractivity contribution in [3.05, 3.63) is 0 Å². The van der Waals surface area contributed by atoms with Gasteiger partial charge in [-0.15, -0.1) is 12.4 Å². The molecule has 0 saturated carbocycles. The first-order valence-corrected chi connectivity index (χ1v) is 3.62. The van der Waals surface area contributed by atoms with Crippen molar-refractivity contribution in [2.75, 3.05) is 13.1 Å². The summed E-state index contributed by atoms with van der Waals surface area (Å²) in [6.07, 6.45) is 1.04. The van der Waals surface area contributed by atoms with Crippen LogP contribution in [0.25, 0.3) is 0 Å². The Kier molecular flexibility index (Phi) is 5.24. The molecule has 0 fully saturated rings. The predicted molar refractivity (Wildman–Crippen MR) is 47.6 cm³/mol. The zero-order valence-electron chi connectivity index (χ0n) is 5.97. The Hall–Kier alpha value is -0.280. The van der Waals surface area contributed by atoms with Gasteiger partial charge in [0.15, 0.2) is 0 Å². The van der Waals surface area contributed by atoms with Crippen molar-refractivity contribution < 1.29 is 4.79 Å². The summed E-state index contributed by atoms with van der Waals surface area (Å²) < 4.78 is 0. The number of nitrogens with one attached hydrogen (secondary N) is 1. The van der Waals surface area contributed by atoms with E-state index in [4.69, 9.17) is 11.6 Å². The number of carbonyl (C=O) groups is 1. The third kappa shape index (κ3) is 4.22. The van der Waals surface area contributed by atoms with E-state index in [0.717, 1.165) is 18.9 Å². The van der Waals surface area contributed by atoms with Crippen molar-refractivity contribution in [2.24, 2.45) is 4.99 Å². The summed E-state index contributed by atoms with van der Waals surface area (Å²) in [5.41, 5.74) is 0. The summed E-state index contributed by atoms with van der Waals surface area (Å²) in [6.45, 7) is 1.72. The van der Waals surface area contributed by atoms with E-state index in [0.29, 0.717) is 12.8 Å². The van der Waals surface area contributed by atoms with Crippen LogP contribution in [0.15, 0.2) is 4.99 Å². The number of rotatable bonds is 3. The van der Waals surface area contributed by atoms with Crippen molar-refractivity contribution in [3.8, 4) is 0 Å². The Morgan fingerprint density at radius 2 is 2.45 bits per heavy atom. The molecule has 1 rings (SSSR count). The zero-order chi connectivity index (χ0) is 7.40. The van der Waals surface area contributed by atoms with Crippen molar-refractivity contribution in [2.45, 2.75) is 12.8 Å². The SMILES string of the molecule is Cl.O=C(Cl)CCC1=NCCN1. The molecular formula is C6H10Cl2N2O. The maximum atomic E-state index is 10.3. The first-order valence-electron chi connectivity index (χ1n) is 3.24. The maximum absolute atomic E-state index is 10.3. The van der Waals surface area contributed by atoms with Crippen LogP contribution in [0.5, 0.6) is 0 Å². The fourth-order valence-electron chi connectivity index (χ4n) is 0.831. The highest BCUT2D eigenvalue weighted by Crippen LogP contribution is 1.98. The van der Waals surface area contributed by atoms with Crippen molar-refractivity contribution in [1.29, 1.82) is 0 Å². The summed E-state index contributed by atoms with van der Waals surface area (Å²) in [7, 11) is 0. The van der Waals surface area contributed by atoms with Gasteiger partial charge >= 0.3 is 0 Å². The van der Waals surface area contributed by atoms with E-state index in [9.17, 15) is 4.79 Å². The van der Waals surface area contributed by atoms with Gasteiger partial charge in [0.1, 0.15) is 0 Å². The van der Waals surface area contributed by atoms with Crippen molar-refractivity contribution in [1.82, 2.24) is 5.32 Å². The molecule has 0 atom stereocenters. The minimum absolute atomic E-state index is 0. The van der Waals surface area contributed by atoms with Crippen LogP contribution in [-0.2, 0) is 4.79 Å². The minimum atomic E-state index is -0.295. The minimum Gasteiger partial charge on any atom is -0.372 e. The average Bonchev–Trinajstić information content (AvgIpc) is 2.34. The van der Waals surface area contributed by atoms with Crippen LogP contribution < -0.4 is 5.32 Å². The first-order chi connectivity index (χ1) is 4.79. The lowest BCUT2D eigenvalue weighted by Crippen LogP contribution is -2.18. The van der Waals surface area contributed by atoms with Gasteiger partial charge in [-0.1, -0.05) is 0 Å². The molecule has 0 aromatic carbocycles. The van der Waals surface area contributed by atoms with Gasteiger partial charge in [0.05, 0.1) is 12.4 Å². The molecule has 0 bridgehead atoms. The summed E-state index contributed by atoms with van der Waals surface area (Å²) in [6, 6.07) is 0. The fraction of sp³-hybridized carbons (Fsp3) is 0.667. The Balaban J connectivity index is 0.000001000. The number of nitrogens with zero attached hydrogens (tertiary/aromatic N) is 1. The molecule has 0 amide bonds. The van der Waals surface area contributed by atoms with E-state index in [-0.39, 0.29) is 17.6 Å². The van der Waals surface area contributed by atoms with Gasteiger partial charge in [-0.2, -0.15) is 0 Å². The molecule has 0 saturated heterocycles. The molecule has 3 nitrogen and oxygen atoms in total. The number of aliphatic imine (C=N–C) groups is 1. The summed E-state index contributed by atoms with van der Waals surface area (Å²) in [5.74, 6) is 0.911. The lowest BCUT2D eigenvalue weighted by Gasteiger charge is -1.96. The van der Waals surface area contributed by atoms with E-state index >= 15 is 0 Å². The van der Waals surface area contributed by atoms with Crippen LogP contribution in [-0.4, -0.2) is 24.2 Å². The molecule has 0 unspecified atom stereocenters. The second-order valence-electron chi connectivity index (χ2n) is 2.11. The quantitative estimate of drug-likeness (QED) is 0.684. The molecule has 5 heteroatoms. The highest BCUT2D eigenvalue weighted by atomic mass is 35.5. The molecule has 64 valence electrons. The summed E-state index contributed by atoms with van der Waals surface area (Å²) in [4.78, 5) is 14.4. The van der Waals surface area contributed by atoms with Crippen molar-refractivity contribution in [3.63, 3.8) is 0 Å². The third-order valence-corrected chi connectivity index (χ3v) is 1.49. The standard InChI is InChI=1S/C6H9ClN2O.ClH/c7-5(10)1-2-6-8-3-4-9-6;/h1-4H2,(H,8,9);1H. The lowest BCUT2D eigenvalue weighted by atomic mass is 10.3. The van der Waals surface area contributed by atoms with Crippen LogP contribution in [0.1, 0.15) is 12.8 Å². The van der Waals surface area contributed by atoms with E-state index in [1.165, 1.54) is 0 Å². The molecule has 0 spiro atoms. The second kappa shape index (κ2) is 5.38. The Labute approximate surface area is 76.6 Å². The number of carbonyl (C=O) groups excluding carboxylic acids is 1. The lowest BCUT2D eigenvalue weighted by molar-refractivity contribution is -0.111. The monoisotopic (exact) mass is 196 g/mol. The van der Waals surface area contributed by atoms with Gasteiger partial charge in [0.25, 0.3) is 0 Å². The molecule has 0 aromatic rings. The third-order valence-electron chi connectivity index (χ3n) is 1.30. The number of hydrogen-bond acceptors (Lipinski definition) is 3. The van der Waals surface area contributed by atoms with Crippen LogP contribution in [0.4, 0.5) is 0 Å². The first kappa shape index (κ1) is 10.7. The number of hydrogen-bond donors (Lipinski definition) is 1. The van der Waals surface area contributed by atoms with Crippen LogP contribution >= 0.6 is 24.0 Å². The smallest absolute Gasteiger partial charge is 0.222 e. The predicted octanol–water partition coefficient (Wildman–Crippen LogP) is 0.955. The Morgan fingerprint density at radius 1 is 1.73 bits per heavy atom. The molecule has 1 aliphatic heterocycles. The van der Waals surface area contributed by atoms with Gasteiger partial charge in [-0.05, 0) is 11.6 Å². The highest BCUT2D eigenvalue weighted by Gasteiger charge is 2.05. The average molecular weight is 197 g/mol. The molecule has 0 radical (unpaired) electrons. The number of amidine groups is 1. The molecule has 1 heterocycles. The zero-order valence-corrected chi connectivity index (χ0v) is 7.54. The van der Waals surface area contributed by atoms with Gasteiger partial charge in [0.2, 0.25) is 5.24 Å². The molecule has 1 N–H and O–H groups in total. The largest absolute Gasteiger partial charge is 0.372 e. The molecule has 11 heavy (non-hydrogen) atoms. The summed E-state index contributed by atoms with van der Waals surface area (Å²) in [5, 5.41) is 2.76. The van der Waals surface area contributed by atoms with E-state index < -0.39 is 0 Å². The second-order valence-corrected chi connectivity index (χ2v) is 2.53. The Bertz CT molecular complexity index is 170. The molecular weight excluding hydrogens is 187 g/mol. The molecule has 0 aromatic heterocycles. The fourth-order valence-corrected chi connectivity index (χ4v) is 0.926.